The zero-order valence-electron chi connectivity index (χ0n) is 16.5. The van der Waals surface area contributed by atoms with Crippen molar-refractivity contribution in [2.45, 2.75) is 31.1 Å². The molecular formula is C23H24O4S. The summed E-state index contributed by atoms with van der Waals surface area (Å²) in [4.78, 5) is 0.140. The fourth-order valence-electron chi connectivity index (χ4n) is 2.98. The highest BCUT2D eigenvalue weighted by Gasteiger charge is 2.24. The highest BCUT2D eigenvalue weighted by molar-refractivity contribution is 7.87. The maximum absolute atomic E-state index is 12.4. The third kappa shape index (κ3) is 4.20. The van der Waals surface area contributed by atoms with Crippen LogP contribution in [-0.4, -0.2) is 15.5 Å². The lowest BCUT2D eigenvalue weighted by molar-refractivity contribution is 0.414. The molecule has 146 valence electrons. The van der Waals surface area contributed by atoms with Gasteiger partial charge < -0.3 is 8.92 Å². The molecule has 3 aromatic carbocycles. The number of methoxy groups -OCH3 is 1. The fraction of sp³-hybridized carbons (Fsp3) is 0.217. The average molecular weight is 397 g/mol. The molecule has 0 saturated carbocycles. The molecule has 3 rings (SSSR count). The number of rotatable bonds is 6. The minimum absolute atomic E-state index is 0.140. The van der Waals surface area contributed by atoms with Gasteiger partial charge in [0.05, 0.1) is 7.11 Å². The molecule has 0 fully saturated rings. The van der Waals surface area contributed by atoms with E-state index in [0.717, 1.165) is 22.4 Å². The lowest BCUT2D eigenvalue weighted by Gasteiger charge is -2.26. The summed E-state index contributed by atoms with van der Waals surface area (Å²) >= 11 is 0. The smallest absolute Gasteiger partial charge is 0.339 e. The molecule has 5 heteroatoms. The van der Waals surface area contributed by atoms with Crippen LogP contribution in [0.5, 0.6) is 11.5 Å². The predicted molar refractivity (Wildman–Crippen MR) is 111 cm³/mol. The maximum Gasteiger partial charge on any atom is 0.339 e. The van der Waals surface area contributed by atoms with Crippen molar-refractivity contribution in [1.29, 1.82) is 0 Å². The van der Waals surface area contributed by atoms with E-state index in [2.05, 4.69) is 13.8 Å². The summed E-state index contributed by atoms with van der Waals surface area (Å²) in [6.45, 7) is 6.14. The van der Waals surface area contributed by atoms with E-state index >= 15 is 0 Å². The zero-order chi connectivity index (χ0) is 20.4. The Balaban J connectivity index is 1.81. The van der Waals surface area contributed by atoms with Crippen molar-refractivity contribution in [2.24, 2.45) is 0 Å². The van der Waals surface area contributed by atoms with Crippen molar-refractivity contribution in [3.8, 4) is 11.5 Å². The third-order valence-corrected chi connectivity index (χ3v) is 6.16. The largest absolute Gasteiger partial charge is 0.497 e. The van der Waals surface area contributed by atoms with Crippen LogP contribution in [0.15, 0.2) is 77.7 Å². The van der Waals surface area contributed by atoms with Gasteiger partial charge in [-0.2, -0.15) is 8.42 Å². The molecule has 0 spiro atoms. The van der Waals surface area contributed by atoms with E-state index in [-0.39, 0.29) is 16.1 Å². The Morgan fingerprint density at radius 3 is 1.64 bits per heavy atom. The van der Waals surface area contributed by atoms with Crippen molar-refractivity contribution in [3.05, 3.63) is 89.5 Å². The maximum atomic E-state index is 12.4. The van der Waals surface area contributed by atoms with E-state index in [1.165, 1.54) is 0 Å². The Morgan fingerprint density at radius 1 is 0.714 bits per heavy atom. The van der Waals surface area contributed by atoms with Crippen molar-refractivity contribution < 1.29 is 17.3 Å². The predicted octanol–water partition coefficient (Wildman–Crippen LogP) is 5.10. The summed E-state index contributed by atoms with van der Waals surface area (Å²) < 4.78 is 35.4. The van der Waals surface area contributed by atoms with E-state index in [1.54, 1.807) is 43.5 Å². The second-order valence-electron chi connectivity index (χ2n) is 7.23. The first kappa shape index (κ1) is 20.0. The number of hydrogen-bond donors (Lipinski definition) is 0. The second kappa shape index (κ2) is 7.68. The van der Waals surface area contributed by atoms with E-state index in [1.807, 2.05) is 43.3 Å². The van der Waals surface area contributed by atoms with Gasteiger partial charge in [-0.05, 0) is 54.4 Å². The van der Waals surface area contributed by atoms with Crippen LogP contribution in [0, 0.1) is 6.92 Å². The van der Waals surface area contributed by atoms with Crippen LogP contribution in [0.4, 0.5) is 0 Å². The van der Waals surface area contributed by atoms with Crippen molar-refractivity contribution in [2.75, 3.05) is 7.11 Å². The van der Waals surface area contributed by atoms with Crippen molar-refractivity contribution >= 4 is 10.1 Å². The second-order valence-corrected chi connectivity index (χ2v) is 8.77. The summed E-state index contributed by atoms with van der Waals surface area (Å²) in [7, 11) is -2.21. The molecule has 0 heterocycles. The van der Waals surface area contributed by atoms with Gasteiger partial charge in [0.25, 0.3) is 0 Å². The number of hydrogen-bond acceptors (Lipinski definition) is 4. The minimum Gasteiger partial charge on any atom is -0.497 e. The molecule has 0 aliphatic carbocycles. The first-order chi connectivity index (χ1) is 13.2. The Bertz CT molecular complexity index is 1030. The number of aryl methyl sites for hydroxylation is 1. The fourth-order valence-corrected chi connectivity index (χ4v) is 3.91. The van der Waals surface area contributed by atoms with Gasteiger partial charge in [0.1, 0.15) is 16.4 Å². The lowest BCUT2D eigenvalue weighted by Crippen LogP contribution is -2.18. The van der Waals surface area contributed by atoms with Gasteiger partial charge in [-0.25, -0.2) is 0 Å². The molecule has 0 N–H and O–H groups in total. The highest BCUT2D eigenvalue weighted by Crippen LogP contribution is 2.33. The van der Waals surface area contributed by atoms with Crippen molar-refractivity contribution in [3.63, 3.8) is 0 Å². The van der Waals surface area contributed by atoms with Crippen LogP contribution in [0.1, 0.15) is 30.5 Å². The molecule has 0 aliphatic heterocycles. The Labute approximate surface area is 166 Å². The van der Waals surface area contributed by atoms with E-state index in [0.29, 0.717) is 0 Å². The van der Waals surface area contributed by atoms with Gasteiger partial charge in [0.15, 0.2) is 0 Å². The van der Waals surface area contributed by atoms with Crippen molar-refractivity contribution in [1.82, 2.24) is 0 Å². The Kier molecular flexibility index (Phi) is 5.47. The van der Waals surface area contributed by atoms with Crippen LogP contribution in [0.3, 0.4) is 0 Å². The van der Waals surface area contributed by atoms with E-state index in [4.69, 9.17) is 8.92 Å². The lowest BCUT2D eigenvalue weighted by atomic mass is 9.78. The van der Waals surface area contributed by atoms with E-state index in [9.17, 15) is 8.42 Å². The summed E-state index contributed by atoms with van der Waals surface area (Å²) in [5.74, 6) is 1.10. The SMILES string of the molecule is COc1ccc(C(C)(C)c2ccc(OS(=O)(=O)c3ccc(C)cc3)cc2)cc1. The average Bonchev–Trinajstić information content (AvgIpc) is 2.68. The quantitative estimate of drug-likeness (QED) is 0.544. The zero-order valence-corrected chi connectivity index (χ0v) is 17.3. The van der Waals surface area contributed by atoms with Crippen LogP contribution in [0.2, 0.25) is 0 Å². The normalized spacial score (nSPS) is 11.9. The first-order valence-electron chi connectivity index (χ1n) is 8.98. The van der Waals surface area contributed by atoms with Gasteiger partial charge in [0, 0.05) is 5.41 Å². The summed E-state index contributed by atoms with van der Waals surface area (Å²) in [6.07, 6.45) is 0. The molecule has 0 aromatic heterocycles. The number of benzene rings is 3. The monoisotopic (exact) mass is 396 g/mol. The van der Waals surface area contributed by atoms with Crippen LogP contribution < -0.4 is 8.92 Å². The summed E-state index contributed by atoms with van der Waals surface area (Å²) in [5, 5.41) is 0. The van der Waals surface area contributed by atoms with Gasteiger partial charge in [-0.3, -0.25) is 0 Å². The summed E-state index contributed by atoms with van der Waals surface area (Å²) in [6, 6.07) is 21.7. The Hall–Kier alpha value is -2.79. The van der Waals surface area contributed by atoms with Crippen LogP contribution >= 0.6 is 0 Å². The van der Waals surface area contributed by atoms with Crippen LogP contribution in [-0.2, 0) is 15.5 Å². The Morgan fingerprint density at radius 2 is 1.18 bits per heavy atom. The van der Waals surface area contributed by atoms with Crippen LogP contribution in [0.25, 0.3) is 0 Å². The van der Waals surface area contributed by atoms with E-state index < -0.39 is 10.1 Å². The third-order valence-electron chi connectivity index (χ3n) is 4.90. The number of ether oxygens (including phenoxy) is 1. The molecule has 0 radical (unpaired) electrons. The molecule has 4 nitrogen and oxygen atoms in total. The highest BCUT2D eigenvalue weighted by atomic mass is 32.2. The topological polar surface area (TPSA) is 52.6 Å². The molecule has 0 unspecified atom stereocenters. The van der Waals surface area contributed by atoms with Gasteiger partial charge in [0.2, 0.25) is 0 Å². The molecular weight excluding hydrogens is 372 g/mol. The first-order valence-corrected chi connectivity index (χ1v) is 10.4. The molecule has 0 bridgehead atoms. The van der Waals surface area contributed by atoms with Gasteiger partial charge >= 0.3 is 10.1 Å². The molecule has 28 heavy (non-hydrogen) atoms. The molecule has 3 aromatic rings. The van der Waals surface area contributed by atoms with Gasteiger partial charge in [-0.1, -0.05) is 55.8 Å². The van der Waals surface area contributed by atoms with Gasteiger partial charge in [-0.15, -0.1) is 0 Å². The molecule has 0 saturated heterocycles. The molecule has 0 aliphatic rings. The molecule has 0 atom stereocenters. The summed E-state index contributed by atoms with van der Waals surface area (Å²) in [5.41, 5.74) is 2.93. The molecule has 0 amide bonds. The standard InChI is InChI=1S/C23H24O4S/c1-17-5-15-22(16-6-17)28(24,25)27-21-13-9-19(10-14-21)23(2,3)18-7-11-20(26-4)12-8-18/h5-16H,1-4H3. The minimum atomic E-state index is -3.85.